The molecule has 4 rings (SSSR count). The molecule has 0 radical (unpaired) electrons. The maximum absolute atomic E-state index is 13.4. The molecule has 0 bridgehead atoms. The number of nitrogens with zero attached hydrogens (tertiary/aromatic N) is 4. The zero-order valence-electron chi connectivity index (χ0n) is 15.5. The molecule has 1 amide bonds. The predicted octanol–water partition coefficient (Wildman–Crippen LogP) is 2.34. The first-order valence-electron chi connectivity index (χ1n) is 9.39. The Kier molecular flexibility index (Phi) is 4.90. The Morgan fingerprint density at radius 2 is 2.04 bits per heavy atom. The normalized spacial score (nSPS) is 19.5. The number of fused-ring (bicyclic) bond motifs is 1. The Morgan fingerprint density at radius 3 is 2.64 bits per heavy atom. The summed E-state index contributed by atoms with van der Waals surface area (Å²) in [5, 5.41) is 2.16. The van der Waals surface area contributed by atoms with Crippen LogP contribution < -0.4 is 10.2 Å². The lowest BCUT2D eigenvalue weighted by Gasteiger charge is -2.35. The van der Waals surface area contributed by atoms with Crippen LogP contribution in [0.25, 0.3) is 5.65 Å². The van der Waals surface area contributed by atoms with Gasteiger partial charge in [-0.05, 0) is 25.7 Å². The largest absolute Gasteiger partial charge is 0.408 e. The molecule has 28 heavy (non-hydrogen) atoms. The summed E-state index contributed by atoms with van der Waals surface area (Å²) in [6.07, 6.45) is 0.442. The molecule has 7 nitrogen and oxygen atoms in total. The summed E-state index contributed by atoms with van der Waals surface area (Å²) >= 11 is 0. The van der Waals surface area contributed by atoms with E-state index in [9.17, 15) is 18.0 Å². The molecule has 2 aliphatic rings. The number of imidazole rings is 1. The summed E-state index contributed by atoms with van der Waals surface area (Å²) in [5.74, 6) is -0.771. The average Bonchev–Trinajstić information content (AvgIpc) is 3.06. The lowest BCUT2D eigenvalue weighted by Crippen LogP contribution is -2.52. The lowest BCUT2D eigenvalue weighted by atomic mass is 9.79. The van der Waals surface area contributed by atoms with Crippen LogP contribution in [0.5, 0.6) is 0 Å². The molecule has 1 aliphatic heterocycles. The molecular formula is C18H22F3N5O2. The van der Waals surface area contributed by atoms with Crippen LogP contribution in [0.4, 0.5) is 19.0 Å². The number of hydrogen-bond donors (Lipinski definition) is 1. The first kappa shape index (κ1) is 19.0. The van der Waals surface area contributed by atoms with Crippen molar-refractivity contribution in [3.8, 4) is 0 Å². The van der Waals surface area contributed by atoms with Crippen LogP contribution in [-0.4, -0.2) is 58.8 Å². The summed E-state index contributed by atoms with van der Waals surface area (Å²) in [6, 6.07) is -1.86. The number of morpholine rings is 1. The fourth-order valence-electron chi connectivity index (χ4n) is 3.64. The number of carbonyl (C=O) groups excluding carboxylic acids is 1. The summed E-state index contributed by atoms with van der Waals surface area (Å²) < 4.78 is 47.3. The molecule has 1 saturated carbocycles. The molecule has 0 aromatic carbocycles. The Balaban J connectivity index is 1.64. The SMILES string of the molecule is Cc1cnc(C(=O)NC(C2CCC2)C(F)(F)F)c2nc(N3CCOCC3)cn12. The zero-order valence-corrected chi connectivity index (χ0v) is 15.5. The number of amides is 1. The van der Waals surface area contributed by atoms with E-state index in [0.29, 0.717) is 45.0 Å². The van der Waals surface area contributed by atoms with Gasteiger partial charge in [-0.2, -0.15) is 13.2 Å². The number of rotatable bonds is 4. The van der Waals surface area contributed by atoms with Crippen molar-refractivity contribution in [1.82, 2.24) is 19.7 Å². The number of carbonyl (C=O) groups is 1. The second kappa shape index (κ2) is 7.23. The minimum Gasteiger partial charge on any atom is -0.378 e. The van der Waals surface area contributed by atoms with Crippen molar-refractivity contribution in [2.24, 2.45) is 5.92 Å². The third kappa shape index (κ3) is 3.52. The van der Waals surface area contributed by atoms with Crippen molar-refractivity contribution < 1.29 is 22.7 Å². The van der Waals surface area contributed by atoms with E-state index in [-0.39, 0.29) is 11.3 Å². The number of ether oxygens (including phenoxy) is 1. The van der Waals surface area contributed by atoms with E-state index in [1.54, 1.807) is 17.5 Å². The Labute approximate surface area is 159 Å². The first-order valence-corrected chi connectivity index (χ1v) is 9.39. The van der Waals surface area contributed by atoms with E-state index in [1.807, 2.05) is 4.90 Å². The van der Waals surface area contributed by atoms with Crippen LogP contribution in [0, 0.1) is 12.8 Å². The number of anilines is 1. The topological polar surface area (TPSA) is 71.8 Å². The Bertz CT molecular complexity index is 872. The molecule has 1 atom stereocenters. The smallest absolute Gasteiger partial charge is 0.378 e. The number of hydrogen-bond acceptors (Lipinski definition) is 5. The number of aromatic nitrogens is 3. The van der Waals surface area contributed by atoms with E-state index in [2.05, 4.69) is 15.3 Å². The second-order valence-electron chi connectivity index (χ2n) is 7.32. The highest BCUT2D eigenvalue weighted by atomic mass is 19.4. The van der Waals surface area contributed by atoms with Gasteiger partial charge in [-0.15, -0.1) is 0 Å². The third-order valence-electron chi connectivity index (χ3n) is 5.48. The van der Waals surface area contributed by atoms with Crippen molar-refractivity contribution in [3.05, 3.63) is 23.8 Å². The van der Waals surface area contributed by atoms with Gasteiger partial charge in [0.2, 0.25) is 0 Å². The van der Waals surface area contributed by atoms with Crippen LogP contribution in [0.15, 0.2) is 12.4 Å². The molecule has 1 unspecified atom stereocenters. The van der Waals surface area contributed by atoms with Gasteiger partial charge in [0.05, 0.1) is 19.4 Å². The van der Waals surface area contributed by atoms with Gasteiger partial charge < -0.3 is 15.0 Å². The number of alkyl halides is 3. The second-order valence-corrected chi connectivity index (χ2v) is 7.32. The van der Waals surface area contributed by atoms with Crippen molar-refractivity contribution in [3.63, 3.8) is 0 Å². The van der Waals surface area contributed by atoms with Crippen molar-refractivity contribution in [2.75, 3.05) is 31.2 Å². The highest BCUT2D eigenvalue weighted by Gasteiger charge is 2.47. The maximum atomic E-state index is 13.4. The number of aryl methyl sites for hydroxylation is 1. The molecule has 1 aliphatic carbocycles. The molecule has 2 fully saturated rings. The van der Waals surface area contributed by atoms with Crippen LogP contribution in [-0.2, 0) is 4.74 Å². The predicted molar refractivity (Wildman–Crippen MR) is 95.4 cm³/mol. The molecule has 2 aromatic heterocycles. The number of nitrogens with one attached hydrogen (secondary N) is 1. The molecule has 1 saturated heterocycles. The zero-order chi connectivity index (χ0) is 19.9. The van der Waals surface area contributed by atoms with E-state index < -0.39 is 24.0 Å². The molecular weight excluding hydrogens is 375 g/mol. The summed E-state index contributed by atoms with van der Waals surface area (Å²) in [5.41, 5.74) is 0.900. The van der Waals surface area contributed by atoms with Crippen molar-refractivity contribution in [2.45, 2.75) is 38.4 Å². The van der Waals surface area contributed by atoms with Gasteiger partial charge >= 0.3 is 6.18 Å². The van der Waals surface area contributed by atoms with E-state index >= 15 is 0 Å². The van der Waals surface area contributed by atoms with Crippen LogP contribution in [0.3, 0.4) is 0 Å². The quantitative estimate of drug-likeness (QED) is 0.858. The minimum atomic E-state index is -4.49. The highest BCUT2D eigenvalue weighted by molar-refractivity contribution is 5.98. The van der Waals surface area contributed by atoms with Crippen LogP contribution >= 0.6 is 0 Å². The Morgan fingerprint density at radius 1 is 1.32 bits per heavy atom. The molecule has 1 N–H and O–H groups in total. The summed E-state index contributed by atoms with van der Waals surface area (Å²) in [4.78, 5) is 23.3. The van der Waals surface area contributed by atoms with E-state index in [1.165, 1.54) is 6.20 Å². The van der Waals surface area contributed by atoms with Gasteiger partial charge in [0.25, 0.3) is 5.91 Å². The minimum absolute atomic E-state index is 0.0984. The fourth-order valence-corrected chi connectivity index (χ4v) is 3.64. The fraction of sp³-hybridized carbons (Fsp3) is 0.611. The van der Waals surface area contributed by atoms with E-state index in [4.69, 9.17) is 4.74 Å². The number of halogens is 3. The van der Waals surface area contributed by atoms with Gasteiger partial charge in [-0.3, -0.25) is 9.20 Å². The van der Waals surface area contributed by atoms with Gasteiger partial charge in [0.15, 0.2) is 11.3 Å². The molecule has 0 spiro atoms. The molecule has 2 aromatic rings. The monoisotopic (exact) mass is 397 g/mol. The first-order chi connectivity index (χ1) is 13.3. The van der Waals surface area contributed by atoms with Crippen molar-refractivity contribution >= 4 is 17.4 Å². The molecule has 152 valence electrons. The summed E-state index contributed by atoms with van der Waals surface area (Å²) in [6.45, 7) is 4.28. The van der Waals surface area contributed by atoms with Gasteiger partial charge in [0, 0.05) is 25.0 Å². The average molecular weight is 397 g/mol. The van der Waals surface area contributed by atoms with Crippen LogP contribution in [0.1, 0.15) is 35.4 Å². The maximum Gasteiger partial charge on any atom is 0.408 e. The van der Waals surface area contributed by atoms with E-state index in [0.717, 1.165) is 12.1 Å². The molecule has 3 heterocycles. The van der Waals surface area contributed by atoms with Gasteiger partial charge in [-0.1, -0.05) is 6.42 Å². The van der Waals surface area contributed by atoms with Gasteiger partial charge in [0.1, 0.15) is 11.9 Å². The standard InChI is InChI=1S/C18H22F3N5O2/c1-11-9-22-14(17(27)24-15(18(19,20)21)12-3-2-4-12)16-23-13(10-26(11)16)25-5-7-28-8-6-25/h9-10,12,15H,2-8H2,1H3,(H,24,27). The Hall–Kier alpha value is -2.36. The van der Waals surface area contributed by atoms with Gasteiger partial charge in [-0.25, -0.2) is 9.97 Å². The third-order valence-corrected chi connectivity index (χ3v) is 5.48. The molecule has 10 heteroatoms. The highest BCUT2D eigenvalue weighted by Crippen LogP contribution is 2.37. The lowest BCUT2D eigenvalue weighted by molar-refractivity contribution is -0.171. The van der Waals surface area contributed by atoms with Crippen molar-refractivity contribution in [1.29, 1.82) is 0 Å². The van der Waals surface area contributed by atoms with Crippen LogP contribution in [0.2, 0.25) is 0 Å². The summed E-state index contributed by atoms with van der Waals surface area (Å²) in [7, 11) is 0.